The highest BCUT2D eigenvalue weighted by molar-refractivity contribution is 5.56. The molecule has 1 saturated heterocycles. The van der Waals surface area contributed by atoms with Gasteiger partial charge in [-0.15, -0.1) is 0 Å². The summed E-state index contributed by atoms with van der Waals surface area (Å²) in [5, 5.41) is 0. The van der Waals surface area contributed by atoms with E-state index in [1.165, 1.54) is 0 Å². The zero-order valence-corrected chi connectivity index (χ0v) is 14.4. The Morgan fingerprint density at radius 1 is 1.04 bits per heavy atom. The number of rotatable bonds is 4. The van der Waals surface area contributed by atoms with Crippen molar-refractivity contribution in [3.05, 3.63) is 65.7 Å². The van der Waals surface area contributed by atoms with Crippen LogP contribution < -0.4 is 10.5 Å². The fraction of sp³-hybridized carbons (Fsp3) is 0.316. The third-order valence-corrected chi connectivity index (χ3v) is 4.74. The second kappa shape index (κ2) is 7.43. The molecule has 0 saturated carbocycles. The van der Waals surface area contributed by atoms with Crippen LogP contribution in [-0.2, 0) is 6.54 Å². The third kappa shape index (κ3) is 3.61. The minimum atomic E-state index is -0.0207. The summed E-state index contributed by atoms with van der Waals surface area (Å²) in [5.41, 5.74) is 1.50. The molecule has 0 atom stereocenters. The molecule has 4 rings (SSSR count). The number of pyridine rings is 1. The van der Waals surface area contributed by atoms with Gasteiger partial charge in [-0.1, -0.05) is 0 Å². The first kappa shape index (κ1) is 16.4. The van der Waals surface area contributed by atoms with E-state index < -0.39 is 0 Å². The predicted octanol–water partition coefficient (Wildman–Crippen LogP) is 2.01. The van der Waals surface area contributed by atoms with Gasteiger partial charge in [0, 0.05) is 56.1 Å². The van der Waals surface area contributed by atoms with E-state index in [0.29, 0.717) is 18.2 Å². The quantitative estimate of drug-likeness (QED) is 0.718. The normalized spacial score (nSPS) is 15.2. The molecule has 1 fully saturated rings. The van der Waals surface area contributed by atoms with Crippen molar-refractivity contribution in [3.63, 3.8) is 0 Å². The summed E-state index contributed by atoms with van der Waals surface area (Å²) in [7, 11) is 0. The maximum absolute atomic E-state index is 12.4. The van der Waals surface area contributed by atoms with E-state index in [4.69, 9.17) is 0 Å². The summed E-state index contributed by atoms with van der Waals surface area (Å²) in [4.78, 5) is 31.8. The SMILES string of the molecule is O=c1cc(-c2cccnc2)ncn1CC1CCN(c2ncccn2)CC1. The Hall–Kier alpha value is -3.09. The molecule has 3 aromatic heterocycles. The lowest BCUT2D eigenvalue weighted by molar-refractivity contribution is 0.349. The van der Waals surface area contributed by atoms with E-state index in [-0.39, 0.29) is 5.56 Å². The first-order valence-electron chi connectivity index (χ1n) is 8.78. The van der Waals surface area contributed by atoms with E-state index in [9.17, 15) is 4.79 Å². The van der Waals surface area contributed by atoms with Gasteiger partial charge >= 0.3 is 0 Å². The number of hydrogen-bond donors (Lipinski definition) is 0. The Morgan fingerprint density at radius 3 is 2.54 bits per heavy atom. The van der Waals surface area contributed by atoms with Crippen molar-refractivity contribution in [2.45, 2.75) is 19.4 Å². The van der Waals surface area contributed by atoms with Crippen molar-refractivity contribution < 1.29 is 0 Å². The highest BCUT2D eigenvalue weighted by Gasteiger charge is 2.21. The summed E-state index contributed by atoms with van der Waals surface area (Å²) >= 11 is 0. The summed E-state index contributed by atoms with van der Waals surface area (Å²) in [5.74, 6) is 1.24. The van der Waals surface area contributed by atoms with Gasteiger partial charge in [-0.2, -0.15) is 0 Å². The second-order valence-corrected chi connectivity index (χ2v) is 6.49. The summed E-state index contributed by atoms with van der Waals surface area (Å²) in [6, 6.07) is 7.15. The van der Waals surface area contributed by atoms with Crippen molar-refractivity contribution in [2.24, 2.45) is 5.92 Å². The zero-order valence-electron chi connectivity index (χ0n) is 14.4. The Labute approximate surface area is 151 Å². The van der Waals surface area contributed by atoms with Crippen LogP contribution in [0.5, 0.6) is 0 Å². The molecule has 1 aliphatic rings. The molecule has 3 aromatic rings. The second-order valence-electron chi connectivity index (χ2n) is 6.49. The van der Waals surface area contributed by atoms with Crippen LogP contribution in [0.4, 0.5) is 5.95 Å². The van der Waals surface area contributed by atoms with Gasteiger partial charge in [-0.25, -0.2) is 15.0 Å². The van der Waals surface area contributed by atoms with Gasteiger partial charge in [-0.3, -0.25) is 14.3 Å². The lowest BCUT2D eigenvalue weighted by Crippen LogP contribution is -2.37. The average Bonchev–Trinajstić information content (AvgIpc) is 2.71. The maximum atomic E-state index is 12.4. The van der Waals surface area contributed by atoms with Gasteiger partial charge < -0.3 is 4.90 Å². The van der Waals surface area contributed by atoms with Crippen LogP contribution in [0.2, 0.25) is 0 Å². The molecule has 0 radical (unpaired) electrons. The van der Waals surface area contributed by atoms with Gasteiger partial charge in [-0.05, 0) is 37.0 Å². The molecule has 132 valence electrons. The van der Waals surface area contributed by atoms with Crippen LogP contribution >= 0.6 is 0 Å². The molecule has 4 heterocycles. The maximum Gasteiger partial charge on any atom is 0.253 e. The van der Waals surface area contributed by atoms with Gasteiger partial charge in [0.25, 0.3) is 5.56 Å². The van der Waals surface area contributed by atoms with E-state index in [1.54, 1.807) is 41.7 Å². The Morgan fingerprint density at radius 2 is 1.85 bits per heavy atom. The molecule has 7 heteroatoms. The standard InChI is InChI=1S/C19H20N6O/c26-18-11-17(16-3-1-6-20-12-16)23-14-25(18)13-15-4-9-24(10-5-15)19-21-7-2-8-22-19/h1-3,6-8,11-12,14-15H,4-5,9-10,13H2. The number of piperidine rings is 1. The van der Waals surface area contributed by atoms with E-state index in [0.717, 1.165) is 37.4 Å². The minimum Gasteiger partial charge on any atom is -0.341 e. The molecular weight excluding hydrogens is 328 g/mol. The summed E-state index contributed by atoms with van der Waals surface area (Å²) < 4.78 is 1.71. The topological polar surface area (TPSA) is 76.8 Å². The van der Waals surface area contributed by atoms with Crippen molar-refractivity contribution >= 4 is 5.95 Å². The molecule has 1 aliphatic heterocycles. The Bertz CT molecular complexity index is 904. The Balaban J connectivity index is 1.40. The highest BCUT2D eigenvalue weighted by Crippen LogP contribution is 2.21. The molecular formula is C19H20N6O. The number of nitrogens with zero attached hydrogens (tertiary/aromatic N) is 6. The Kier molecular flexibility index (Phi) is 4.68. The lowest BCUT2D eigenvalue weighted by Gasteiger charge is -2.32. The molecule has 0 aromatic carbocycles. The first-order valence-corrected chi connectivity index (χ1v) is 8.78. The van der Waals surface area contributed by atoms with Crippen LogP contribution in [0.1, 0.15) is 12.8 Å². The van der Waals surface area contributed by atoms with Crippen LogP contribution in [0.25, 0.3) is 11.3 Å². The molecule has 0 aliphatic carbocycles. The molecule has 0 amide bonds. The van der Waals surface area contributed by atoms with Crippen LogP contribution in [0.3, 0.4) is 0 Å². The fourth-order valence-corrected chi connectivity index (χ4v) is 3.28. The van der Waals surface area contributed by atoms with Crippen LogP contribution in [0.15, 0.2) is 60.2 Å². The van der Waals surface area contributed by atoms with Crippen molar-refractivity contribution in [2.75, 3.05) is 18.0 Å². The minimum absolute atomic E-state index is 0.0207. The number of hydrogen-bond acceptors (Lipinski definition) is 6. The van der Waals surface area contributed by atoms with Crippen molar-refractivity contribution in [3.8, 4) is 11.3 Å². The highest BCUT2D eigenvalue weighted by atomic mass is 16.1. The molecule has 26 heavy (non-hydrogen) atoms. The molecule has 0 N–H and O–H groups in total. The molecule has 7 nitrogen and oxygen atoms in total. The monoisotopic (exact) mass is 348 g/mol. The summed E-state index contributed by atoms with van der Waals surface area (Å²) in [6.45, 7) is 2.51. The van der Waals surface area contributed by atoms with Gasteiger partial charge in [0.2, 0.25) is 5.95 Å². The van der Waals surface area contributed by atoms with Gasteiger partial charge in [0.15, 0.2) is 0 Å². The zero-order chi connectivity index (χ0) is 17.8. The van der Waals surface area contributed by atoms with Gasteiger partial charge in [0.1, 0.15) is 0 Å². The first-order chi connectivity index (χ1) is 12.8. The van der Waals surface area contributed by atoms with E-state index in [2.05, 4.69) is 24.8 Å². The largest absolute Gasteiger partial charge is 0.341 e. The molecule has 0 unspecified atom stereocenters. The van der Waals surface area contributed by atoms with Crippen LogP contribution in [-0.4, -0.2) is 37.6 Å². The summed E-state index contributed by atoms with van der Waals surface area (Å²) in [6.07, 6.45) is 10.6. The number of anilines is 1. The van der Waals surface area contributed by atoms with Crippen molar-refractivity contribution in [1.29, 1.82) is 0 Å². The van der Waals surface area contributed by atoms with Gasteiger partial charge in [0.05, 0.1) is 12.0 Å². The smallest absolute Gasteiger partial charge is 0.253 e. The number of aromatic nitrogens is 5. The average molecular weight is 348 g/mol. The lowest BCUT2D eigenvalue weighted by atomic mass is 9.97. The fourth-order valence-electron chi connectivity index (χ4n) is 3.28. The third-order valence-electron chi connectivity index (χ3n) is 4.74. The molecule has 0 spiro atoms. The van der Waals surface area contributed by atoms with E-state index in [1.807, 2.05) is 18.2 Å². The van der Waals surface area contributed by atoms with E-state index >= 15 is 0 Å². The van der Waals surface area contributed by atoms with Crippen molar-refractivity contribution in [1.82, 2.24) is 24.5 Å². The molecule has 0 bridgehead atoms. The predicted molar refractivity (Wildman–Crippen MR) is 98.7 cm³/mol. The van der Waals surface area contributed by atoms with Crippen LogP contribution in [0, 0.1) is 5.92 Å².